The fraction of sp³-hybridized carbons (Fsp3) is 0.522. The van der Waals surface area contributed by atoms with Crippen LogP contribution in [0.3, 0.4) is 0 Å². The summed E-state index contributed by atoms with van der Waals surface area (Å²) in [5, 5.41) is 6.53. The molecular formula is C23H35N5O4. The summed E-state index contributed by atoms with van der Waals surface area (Å²) in [7, 11) is 3.43. The van der Waals surface area contributed by atoms with E-state index in [-0.39, 0.29) is 24.6 Å². The van der Waals surface area contributed by atoms with E-state index in [1.807, 2.05) is 24.3 Å². The highest BCUT2D eigenvalue weighted by Crippen LogP contribution is 2.19. The van der Waals surface area contributed by atoms with E-state index in [1.165, 1.54) is 4.90 Å². The Kier molecular flexibility index (Phi) is 10.4. The Hall–Kier alpha value is -3.23. The maximum absolute atomic E-state index is 12.1. The number of likely N-dealkylation sites (tertiary alicyclic amines) is 1. The van der Waals surface area contributed by atoms with Gasteiger partial charge in [0, 0.05) is 38.8 Å². The van der Waals surface area contributed by atoms with E-state index >= 15 is 0 Å². The molecule has 1 saturated heterocycles. The molecule has 0 spiro atoms. The van der Waals surface area contributed by atoms with Crippen molar-refractivity contribution in [3.05, 3.63) is 42.5 Å². The number of guanidine groups is 1. The highest BCUT2D eigenvalue weighted by atomic mass is 16.6. The molecule has 0 radical (unpaired) electrons. The van der Waals surface area contributed by atoms with Gasteiger partial charge < -0.3 is 29.9 Å². The Bertz CT molecular complexity index is 788. The van der Waals surface area contributed by atoms with E-state index < -0.39 is 0 Å². The average molecular weight is 446 g/mol. The van der Waals surface area contributed by atoms with Gasteiger partial charge in [0.15, 0.2) is 5.96 Å². The number of nitrogens with zero attached hydrogens (tertiary/aromatic N) is 3. The third-order valence-electron chi connectivity index (χ3n) is 5.00. The number of carbonyl (C=O) groups is 2. The van der Waals surface area contributed by atoms with Crippen LogP contribution >= 0.6 is 0 Å². The highest BCUT2D eigenvalue weighted by Gasteiger charge is 2.24. The lowest BCUT2D eigenvalue weighted by Gasteiger charge is -2.32. The first kappa shape index (κ1) is 25.0. The molecule has 1 fully saturated rings. The van der Waals surface area contributed by atoms with Crippen LogP contribution in [0.4, 0.5) is 4.79 Å². The third kappa shape index (κ3) is 8.13. The van der Waals surface area contributed by atoms with Crippen molar-refractivity contribution in [3.63, 3.8) is 0 Å². The summed E-state index contributed by atoms with van der Waals surface area (Å²) in [4.78, 5) is 31.9. The summed E-state index contributed by atoms with van der Waals surface area (Å²) in [5.74, 6) is 1.25. The normalized spacial score (nSPS) is 14.5. The standard InChI is InChI=1S/C23H35N5O4/c1-5-15-32-20-10-8-7-9-18(20)16-24-22(25-17-21(29)27(3)4)26-19-11-13-28(14-12-19)23(30)31-6-2/h5,7-10,19H,1,6,11-17H2,2-4H3,(H2,24,25,26). The molecule has 0 saturated carbocycles. The largest absolute Gasteiger partial charge is 0.489 e. The number of para-hydroxylation sites is 1. The topological polar surface area (TPSA) is 95.5 Å². The molecule has 2 rings (SSSR count). The molecule has 176 valence electrons. The lowest BCUT2D eigenvalue weighted by Crippen LogP contribution is -2.51. The molecular weight excluding hydrogens is 410 g/mol. The number of ether oxygens (including phenoxy) is 2. The van der Waals surface area contributed by atoms with Crippen molar-refractivity contribution in [3.8, 4) is 5.75 Å². The fourth-order valence-electron chi connectivity index (χ4n) is 3.17. The SMILES string of the molecule is C=CCOc1ccccc1CN=C(NCC(=O)N(C)C)NC1CCN(C(=O)OCC)CC1. The van der Waals surface area contributed by atoms with Gasteiger partial charge in [-0.1, -0.05) is 30.9 Å². The van der Waals surface area contributed by atoms with Crippen molar-refractivity contribution in [2.24, 2.45) is 4.99 Å². The van der Waals surface area contributed by atoms with Crippen LogP contribution in [-0.4, -0.2) is 80.7 Å². The summed E-state index contributed by atoms with van der Waals surface area (Å²) in [6.45, 7) is 8.02. The van der Waals surface area contributed by atoms with Crippen LogP contribution in [0.25, 0.3) is 0 Å². The van der Waals surface area contributed by atoms with E-state index in [0.29, 0.717) is 38.8 Å². The zero-order valence-corrected chi connectivity index (χ0v) is 19.3. The minimum Gasteiger partial charge on any atom is -0.489 e. The molecule has 0 aliphatic carbocycles. The Labute approximate surface area is 190 Å². The monoisotopic (exact) mass is 445 g/mol. The minimum absolute atomic E-state index is 0.0497. The smallest absolute Gasteiger partial charge is 0.409 e. The lowest BCUT2D eigenvalue weighted by atomic mass is 10.1. The number of likely N-dealkylation sites (N-methyl/N-ethyl adjacent to an activating group) is 1. The number of carbonyl (C=O) groups excluding carboxylic acids is 2. The first-order chi connectivity index (χ1) is 15.4. The van der Waals surface area contributed by atoms with Gasteiger partial charge in [-0.2, -0.15) is 0 Å². The van der Waals surface area contributed by atoms with Crippen molar-refractivity contribution < 1.29 is 19.1 Å². The number of piperidine rings is 1. The summed E-state index contributed by atoms with van der Waals surface area (Å²) in [5.41, 5.74) is 0.937. The van der Waals surface area contributed by atoms with Gasteiger partial charge in [-0.05, 0) is 25.8 Å². The fourth-order valence-corrected chi connectivity index (χ4v) is 3.17. The number of amides is 2. The van der Waals surface area contributed by atoms with E-state index in [9.17, 15) is 9.59 Å². The van der Waals surface area contributed by atoms with Gasteiger partial charge >= 0.3 is 6.09 Å². The molecule has 1 aromatic carbocycles. The highest BCUT2D eigenvalue weighted by molar-refractivity contribution is 5.86. The van der Waals surface area contributed by atoms with E-state index in [2.05, 4.69) is 22.2 Å². The van der Waals surface area contributed by atoms with Gasteiger partial charge in [-0.25, -0.2) is 9.79 Å². The molecule has 9 heteroatoms. The van der Waals surface area contributed by atoms with Crippen LogP contribution < -0.4 is 15.4 Å². The van der Waals surface area contributed by atoms with Crippen LogP contribution in [0.2, 0.25) is 0 Å². The van der Waals surface area contributed by atoms with Crippen molar-refractivity contribution in [1.29, 1.82) is 0 Å². The van der Waals surface area contributed by atoms with Gasteiger partial charge in [0.25, 0.3) is 0 Å². The summed E-state index contributed by atoms with van der Waals surface area (Å²) >= 11 is 0. The Morgan fingerprint density at radius 3 is 2.66 bits per heavy atom. The molecule has 0 atom stereocenters. The van der Waals surface area contributed by atoms with Gasteiger partial charge in [0.2, 0.25) is 5.91 Å². The van der Waals surface area contributed by atoms with Crippen LogP contribution in [0.15, 0.2) is 41.9 Å². The quantitative estimate of drug-likeness (QED) is 0.343. The van der Waals surface area contributed by atoms with Crippen molar-refractivity contribution in [1.82, 2.24) is 20.4 Å². The maximum Gasteiger partial charge on any atom is 0.409 e. The number of nitrogens with one attached hydrogen (secondary N) is 2. The summed E-state index contributed by atoms with van der Waals surface area (Å²) < 4.78 is 10.8. The molecule has 1 aliphatic rings. The maximum atomic E-state index is 12.1. The van der Waals surface area contributed by atoms with Gasteiger partial charge in [0.1, 0.15) is 12.4 Å². The molecule has 1 aromatic rings. The second kappa shape index (κ2) is 13.2. The number of aliphatic imine (C=N–C) groups is 1. The van der Waals surface area contributed by atoms with E-state index in [1.54, 1.807) is 32.0 Å². The second-order valence-electron chi connectivity index (χ2n) is 7.62. The Morgan fingerprint density at radius 1 is 1.28 bits per heavy atom. The van der Waals surface area contributed by atoms with E-state index in [4.69, 9.17) is 9.47 Å². The van der Waals surface area contributed by atoms with Gasteiger partial charge in [-0.3, -0.25) is 4.79 Å². The molecule has 2 N–H and O–H groups in total. The van der Waals surface area contributed by atoms with Crippen molar-refractivity contribution in [2.45, 2.75) is 32.4 Å². The zero-order chi connectivity index (χ0) is 23.3. The van der Waals surface area contributed by atoms with Crippen LogP contribution in [0.5, 0.6) is 5.75 Å². The number of hydrogen-bond acceptors (Lipinski definition) is 5. The molecule has 9 nitrogen and oxygen atoms in total. The van der Waals surface area contributed by atoms with Crippen LogP contribution in [-0.2, 0) is 16.1 Å². The summed E-state index contributed by atoms with van der Waals surface area (Å²) in [6, 6.07) is 7.84. The van der Waals surface area contributed by atoms with Crippen LogP contribution in [0.1, 0.15) is 25.3 Å². The molecule has 32 heavy (non-hydrogen) atoms. The van der Waals surface area contributed by atoms with Crippen LogP contribution in [0, 0.1) is 0 Å². The first-order valence-corrected chi connectivity index (χ1v) is 10.9. The Balaban J connectivity index is 2.04. The molecule has 2 amide bonds. The predicted octanol–water partition coefficient (Wildman–Crippen LogP) is 2.00. The molecule has 0 aromatic heterocycles. The molecule has 1 aliphatic heterocycles. The predicted molar refractivity (Wildman–Crippen MR) is 125 cm³/mol. The number of hydrogen-bond donors (Lipinski definition) is 2. The third-order valence-corrected chi connectivity index (χ3v) is 5.00. The van der Waals surface area contributed by atoms with Crippen molar-refractivity contribution >= 4 is 18.0 Å². The van der Waals surface area contributed by atoms with Gasteiger partial charge in [-0.15, -0.1) is 0 Å². The average Bonchev–Trinajstić information content (AvgIpc) is 2.80. The second-order valence-corrected chi connectivity index (χ2v) is 7.62. The molecule has 0 bridgehead atoms. The first-order valence-electron chi connectivity index (χ1n) is 10.9. The number of benzene rings is 1. The Morgan fingerprint density at radius 2 is 2.00 bits per heavy atom. The lowest BCUT2D eigenvalue weighted by molar-refractivity contribution is -0.127. The summed E-state index contributed by atoms with van der Waals surface area (Å²) in [6.07, 6.45) is 2.95. The molecule has 0 unspecified atom stereocenters. The van der Waals surface area contributed by atoms with Crippen molar-refractivity contribution in [2.75, 3.05) is 46.9 Å². The van der Waals surface area contributed by atoms with Gasteiger partial charge in [0.05, 0.1) is 19.7 Å². The zero-order valence-electron chi connectivity index (χ0n) is 19.3. The van der Waals surface area contributed by atoms with E-state index in [0.717, 1.165) is 24.2 Å². The molecule has 1 heterocycles. The minimum atomic E-state index is -0.273. The number of rotatable bonds is 9.